The molecule has 0 aliphatic heterocycles. The van der Waals surface area contributed by atoms with E-state index in [4.69, 9.17) is 0 Å². The molecule has 90 valence electrons. The van der Waals surface area contributed by atoms with Gasteiger partial charge in [-0.2, -0.15) is 0 Å². The molecule has 0 spiro atoms. The number of ketones is 1. The zero-order valence-electron chi connectivity index (χ0n) is 10.9. The molecule has 0 radical (unpaired) electrons. The number of aryl methyl sites for hydroxylation is 1. The maximum absolute atomic E-state index is 11.7. The van der Waals surface area contributed by atoms with Gasteiger partial charge in [-0.3, -0.25) is 4.79 Å². The summed E-state index contributed by atoms with van der Waals surface area (Å²) in [5, 5.41) is 0. The van der Waals surface area contributed by atoms with Gasteiger partial charge >= 0.3 is 0 Å². The number of allylic oxidation sites excluding steroid dienone is 2. The highest BCUT2D eigenvalue weighted by Crippen LogP contribution is 2.38. The summed E-state index contributed by atoms with van der Waals surface area (Å²) in [4.78, 5) is 11.7. The van der Waals surface area contributed by atoms with Crippen molar-refractivity contribution in [3.05, 3.63) is 41.5 Å². The average Bonchev–Trinajstić information content (AvgIpc) is 2.26. The molecule has 1 nitrogen and oxygen atoms in total. The second-order valence-electron chi connectivity index (χ2n) is 5.71. The van der Waals surface area contributed by atoms with Crippen molar-refractivity contribution < 1.29 is 4.79 Å². The van der Waals surface area contributed by atoms with Crippen molar-refractivity contribution in [2.24, 2.45) is 5.41 Å². The first kappa shape index (κ1) is 12.1. The number of hydrogen-bond donors (Lipinski definition) is 0. The monoisotopic (exact) mass is 228 g/mol. The Morgan fingerprint density at radius 2 is 2.00 bits per heavy atom. The van der Waals surface area contributed by atoms with Crippen molar-refractivity contribution in [2.45, 2.75) is 40.0 Å². The minimum absolute atomic E-state index is 0.101. The summed E-state index contributed by atoms with van der Waals surface area (Å²) in [6, 6.07) is 8.54. The predicted molar refractivity (Wildman–Crippen MR) is 71.8 cm³/mol. The first-order valence-corrected chi connectivity index (χ1v) is 6.33. The first-order valence-electron chi connectivity index (χ1n) is 6.33. The summed E-state index contributed by atoms with van der Waals surface area (Å²) in [7, 11) is 0. The molecule has 1 aliphatic rings. The zero-order valence-corrected chi connectivity index (χ0v) is 10.9. The van der Waals surface area contributed by atoms with Gasteiger partial charge in [0.15, 0.2) is 5.78 Å². The molecule has 0 atom stereocenters. The molecular weight excluding hydrogens is 208 g/mol. The van der Waals surface area contributed by atoms with E-state index in [1.807, 2.05) is 6.08 Å². The second-order valence-corrected chi connectivity index (χ2v) is 5.71. The van der Waals surface area contributed by atoms with Crippen LogP contribution in [0.25, 0.3) is 5.57 Å². The van der Waals surface area contributed by atoms with E-state index >= 15 is 0 Å². The van der Waals surface area contributed by atoms with Gasteiger partial charge < -0.3 is 0 Å². The van der Waals surface area contributed by atoms with Gasteiger partial charge in [-0.15, -0.1) is 0 Å². The van der Waals surface area contributed by atoms with E-state index < -0.39 is 0 Å². The molecule has 0 saturated carbocycles. The summed E-state index contributed by atoms with van der Waals surface area (Å²) in [5.41, 5.74) is 3.84. The second kappa shape index (κ2) is 4.48. The Morgan fingerprint density at radius 1 is 1.24 bits per heavy atom. The van der Waals surface area contributed by atoms with E-state index in [1.165, 1.54) is 16.7 Å². The molecule has 1 heteroatoms. The Bertz CT molecular complexity index is 466. The van der Waals surface area contributed by atoms with Crippen LogP contribution in [0.2, 0.25) is 0 Å². The normalized spacial score (nSPS) is 19.0. The van der Waals surface area contributed by atoms with Crippen molar-refractivity contribution in [3.63, 3.8) is 0 Å². The molecule has 0 aromatic heterocycles. The fraction of sp³-hybridized carbons (Fsp3) is 0.438. The van der Waals surface area contributed by atoms with E-state index in [2.05, 4.69) is 45.0 Å². The van der Waals surface area contributed by atoms with E-state index in [0.29, 0.717) is 6.42 Å². The standard InChI is InChI=1S/C16H20O/c1-4-12-6-5-7-13(8-12)14-9-15(17)11-16(2,3)10-14/h5-9H,4,10-11H2,1-3H3. The van der Waals surface area contributed by atoms with Gasteiger partial charge in [0.2, 0.25) is 0 Å². The average molecular weight is 228 g/mol. The van der Waals surface area contributed by atoms with Crippen molar-refractivity contribution in [1.29, 1.82) is 0 Å². The molecule has 0 bridgehead atoms. The summed E-state index contributed by atoms with van der Waals surface area (Å²) in [6.45, 7) is 6.49. The number of carbonyl (C=O) groups is 1. The largest absolute Gasteiger partial charge is 0.295 e. The van der Waals surface area contributed by atoms with Gasteiger partial charge in [-0.05, 0) is 41.0 Å². The molecule has 0 fully saturated rings. The quantitative estimate of drug-likeness (QED) is 0.747. The van der Waals surface area contributed by atoms with Crippen molar-refractivity contribution >= 4 is 11.4 Å². The number of hydrogen-bond acceptors (Lipinski definition) is 1. The smallest absolute Gasteiger partial charge is 0.156 e. The lowest BCUT2D eigenvalue weighted by molar-refractivity contribution is -0.116. The summed E-state index contributed by atoms with van der Waals surface area (Å²) >= 11 is 0. The van der Waals surface area contributed by atoms with Gasteiger partial charge in [0.25, 0.3) is 0 Å². The summed E-state index contributed by atoms with van der Waals surface area (Å²) in [6.07, 6.45) is 4.54. The summed E-state index contributed by atoms with van der Waals surface area (Å²) < 4.78 is 0. The molecule has 0 unspecified atom stereocenters. The fourth-order valence-corrected chi connectivity index (χ4v) is 2.52. The van der Waals surface area contributed by atoms with Crippen LogP contribution in [0, 0.1) is 5.41 Å². The lowest BCUT2D eigenvalue weighted by Crippen LogP contribution is -2.21. The number of benzene rings is 1. The molecule has 0 N–H and O–H groups in total. The van der Waals surface area contributed by atoms with Crippen LogP contribution in [-0.2, 0) is 11.2 Å². The van der Waals surface area contributed by atoms with Crippen LogP contribution < -0.4 is 0 Å². The third-order valence-corrected chi connectivity index (χ3v) is 3.36. The van der Waals surface area contributed by atoms with Crippen LogP contribution in [0.3, 0.4) is 0 Å². The molecule has 0 heterocycles. The third kappa shape index (κ3) is 2.85. The van der Waals surface area contributed by atoms with Crippen LogP contribution >= 0.6 is 0 Å². The van der Waals surface area contributed by atoms with Crippen LogP contribution in [0.5, 0.6) is 0 Å². The first-order chi connectivity index (χ1) is 8.00. The Morgan fingerprint density at radius 3 is 2.65 bits per heavy atom. The van der Waals surface area contributed by atoms with E-state index in [0.717, 1.165) is 12.8 Å². The molecule has 17 heavy (non-hydrogen) atoms. The van der Waals surface area contributed by atoms with Crippen molar-refractivity contribution in [3.8, 4) is 0 Å². The van der Waals surface area contributed by atoms with Gasteiger partial charge in [-0.1, -0.05) is 45.0 Å². The van der Waals surface area contributed by atoms with Crippen LogP contribution in [0.4, 0.5) is 0 Å². The molecule has 0 amide bonds. The molecular formula is C16H20O. The number of carbonyl (C=O) groups excluding carboxylic acids is 1. The minimum Gasteiger partial charge on any atom is -0.295 e. The Kier molecular flexibility index (Phi) is 3.19. The predicted octanol–water partition coefficient (Wildman–Crippen LogP) is 4.02. The highest BCUT2D eigenvalue weighted by Gasteiger charge is 2.27. The number of rotatable bonds is 2. The lowest BCUT2D eigenvalue weighted by Gasteiger charge is -2.29. The zero-order chi connectivity index (χ0) is 12.5. The maximum atomic E-state index is 11.7. The maximum Gasteiger partial charge on any atom is 0.156 e. The molecule has 1 aromatic carbocycles. The van der Waals surface area contributed by atoms with Gasteiger partial charge in [0.05, 0.1) is 0 Å². The highest BCUT2D eigenvalue weighted by molar-refractivity contribution is 5.99. The Labute approximate surface area is 104 Å². The van der Waals surface area contributed by atoms with Gasteiger partial charge in [0.1, 0.15) is 0 Å². The third-order valence-electron chi connectivity index (χ3n) is 3.36. The molecule has 0 saturated heterocycles. The molecule has 2 rings (SSSR count). The topological polar surface area (TPSA) is 17.1 Å². The fourth-order valence-electron chi connectivity index (χ4n) is 2.52. The van der Waals surface area contributed by atoms with E-state index in [1.54, 1.807) is 0 Å². The van der Waals surface area contributed by atoms with Crippen LogP contribution in [0.15, 0.2) is 30.3 Å². The van der Waals surface area contributed by atoms with E-state index in [-0.39, 0.29) is 11.2 Å². The SMILES string of the molecule is CCc1cccc(C2=CC(=O)CC(C)(C)C2)c1. The molecule has 1 aromatic rings. The summed E-state index contributed by atoms with van der Waals surface area (Å²) in [5.74, 6) is 0.262. The molecule has 1 aliphatic carbocycles. The Hall–Kier alpha value is -1.37. The van der Waals surface area contributed by atoms with Crippen LogP contribution in [-0.4, -0.2) is 5.78 Å². The minimum atomic E-state index is 0.101. The Balaban J connectivity index is 2.36. The van der Waals surface area contributed by atoms with Crippen molar-refractivity contribution in [1.82, 2.24) is 0 Å². The van der Waals surface area contributed by atoms with Crippen molar-refractivity contribution in [2.75, 3.05) is 0 Å². The van der Waals surface area contributed by atoms with Crippen LogP contribution in [0.1, 0.15) is 44.7 Å². The van der Waals surface area contributed by atoms with E-state index in [9.17, 15) is 4.79 Å². The highest BCUT2D eigenvalue weighted by atomic mass is 16.1. The van der Waals surface area contributed by atoms with Gasteiger partial charge in [0, 0.05) is 6.42 Å². The lowest BCUT2D eigenvalue weighted by atomic mass is 9.75. The van der Waals surface area contributed by atoms with Gasteiger partial charge in [-0.25, -0.2) is 0 Å².